The number of hydrogen-bond donors (Lipinski definition) is 0. The monoisotopic (exact) mass is 447 g/mol. The SMILES string of the molecule is CC1CCN(S(=O)(=O)c2ccc(N3CC(C(=O)N4CCCCCC4)CC3=O)cc2)CC1. The molecule has 3 heterocycles. The van der Waals surface area contributed by atoms with Crippen LogP contribution in [0.25, 0.3) is 0 Å². The van der Waals surface area contributed by atoms with Crippen molar-refractivity contribution in [1.29, 1.82) is 0 Å². The molecule has 0 bridgehead atoms. The zero-order chi connectivity index (χ0) is 22.0. The van der Waals surface area contributed by atoms with Crippen LogP contribution in [0.5, 0.6) is 0 Å². The Kier molecular flexibility index (Phi) is 6.67. The first kappa shape index (κ1) is 22.3. The Hall–Kier alpha value is -1.93. The van der Waals surface area contributed by atoms with Gasteiger partial charge in [0, 0.05) is 44.8 Å². The third-order valence-corrected chi connectivity index (χ3v) is 8.83. The molecule has 0 spiro atoms. The first-order chi connectivity index (χ1) is 14.9. The minimum absolute atomic E-state index is 0.0752. The van der Waals surface area contributed by atoms with Crippen molar-refractivity contribution in [1.82, 2.24) is 9.21 Å². The van der Waals surface area contributed by atoms with Crippen molar-refractivity contribution in [2.24, 2.45) is 11.8 Å². The Balaban J connectivity index is 1.43. The Morgan fingerprint density at radius 1 is 0.935 bits per heavy atom. The lowest BCUT2D eigenvalue weighted by Crippen LogP contribution is -2.38. The molecular weight excluding hydrogens is 414 g/mol. The fraction of sp³-hybridized carbons (Fsp3) is 0.652. The van der Waals surface area contributed by atoms with Gasteiger partial charge in [0.1, 0.15) is 0 Å². The molecule has 0 radical (unpaired) electrons. The van der Waals surface area contributed by atoms with Gasteiger partial charge in [0.05, 0.1) is 10.8 Å². The Labute approximate surface area is 185 Å². The van der Waals surface area contributed by atoms with E-state index in [0.29, 0.717) is 31.2 Å². The van der Waals surface area contributed by atoms with E-state index in [2.05, 4.69) is 6.92 Å². The molecule has 3 saturated heterocycles. The maximum Gasteiger partial charge on any atom is 0.243 e. The van der Waals surface area contributed by atoms with E-state index in [9.17, 15) is 18.0 Å². The summed E-state index contributed by atoms with van der Waals surface area (Å²) in [5, 5.41) is 0. The normalized spacial score (nSPS) is 24.4. The van der Waals surface area contributed by atoms with E-state index in [0.717, 1.165) is 51.6 Å². The summed E-state index contributed by atoms with van der Waals surface area (Å²) in [7, 11) is -3.51. The lowest BCUT2D eigenvalue weighted by molar-refractivity contribution is -0.135. The van der Waals surface area contributed by atoms with Gasteiger partial charge in [-0.05, 0) is 55.9 Å². The number of carbonyl (C=O) groups is 2. The molecule has 31 heavy (non-hydrogen) atoms. The number of piperidine rings is 1. The molecule has 0 saturated carbocycles. The molecule has 1 aromatic rings. The van der Waals surface area contributed by atoms with Crippen LogP contribution in [0.15, 0.2) is 29.2 Å². The quantitative estimate of drug-likeness (QED) is 0.711. The van der Waals surface area contributed by atoms with Gasteiger partial charge in [-0.3, -0.25) is 9.59 Å². The van der Waals surface area contributed by atoms with E-state index in [1.54, 1.807) is 33.5 Å². The van der Waals surface area contributed by atoms with Crippen molar-refractivity contribution in [3.05, 3.63) is 24.3 Å². The minimum atomic E-state index is -3.51. The van der Waals surface area contributed by atoms with Gasteiger partial charge in [-0.1, -0.05) is 19.8 Å². The maximum atomic E-state index is 12.9. The predicted molar refractivity (Wildman–Crippen MR) is 119 cm³/mol. The Bertz CT molecular complexity index is 899. The van der Waals surface area contributed by atoms with Crippen LogP contribution in [-0.2, 0) is 19.6 Å². The van der Waals surface area contributed by atoms with Gasteiger partial charge in [0.15, 0.2) is 0 Å². The Morgan fingerprint density at radius 3 is 2.16 bits per heavy atom. The van der Waals surface area contributed by atoms with Gasteiger partial charge >= 0.3 is 0 Å². The first-order valence-corrected chi connectivity index (χ1v) is 13.0. The second kappa shape index (κ2) is 9.28. The number of rotatable bonds is 4. The van der Waals surface area contributed by atoms with E-state index in [1.807, 2.05) is 4.90 Å². The minimum Gasteiger partial charge on any atom is -0.342 e. The van der Waals surface area contributed by atoms with E-state index in [1.165, 1.54) is 0 Å². The molecule has 3 aliphatic rings. The number of benzene rings is 1. The van der Waals surface area contributed by atoms with Crippen LogP contribution >= 0.6 is 0 Å². The van der Waals surface area contributed by atoms with Gasteiger partial charge < -0.3 is 9.80 Å². The average Bonchev–Trinajstić information content (AvgIpc) is 2.97. The van der Waals surface area contributed by atoms with Crippen molar-refractivity contribution in [3.63, 3.8) is 0 Å². The smallest absolute Gasteiger partial charge is 0.243 e. The van der Waals surface area contributed by atoms with E-state index < -0.39 is 10.0 Å². The molecule has 1 atom stereocenters. The van der Waals surface area contributed by atoms with Gasteiger partial charge in [-0.15, -0.1) is 0 Å². The number of amides is 2. The van der Waals surface area contributed by atoms with Gasteiger partial charge in [0.2, 0.25) is 21.8 Å². The van der Waals surface area contributed by atoms with Crippen LogP contribution in [0.4, 0.5) is 5.69 Å². The third-order valence-electron chi connectivity index (χ3n) is 6.92. The molecule has 3 fully saturated rings. The van der Waals surface area contributed by atoms with Crippen LogP contribution in [0, 0.1) is 11.8 Å². The molecule has 8 heteroatoms. The van der Waals surface area contributed by atoms with Gasteiger partial charge in [-0.25, -0.2) is 8.42 Å². The fourth-order valence-electron chi connectivity index (χ4n) is 4.84. The molecule has 3 aliphatic heterocycles. The number of sulfonamides is 1. The first-order valence-electron chi connectivity index (χ1n) is 11.6. The topological polar surface area (TPSA) is 78.0 Å². The molecular formula is C23H33N3O4S. The second-order valence-electron chi connectivity index (χ2n) is 9.23. The number of anilines is 1. The molecule has 4 rings (SSSR count). The highest BCUT2D eigenvalue weighted by molar-refractivity contribution is 7.89. The molecule has 0 N–H and O–H groups in total. The lowest BCUT2D eigenvalue weighted by atomic mass is 10.0. The average molecular weight is 448 g/mol. The van der Waals surface area contributed by atoms with Crippen molar-refractivity contribution < 1.29 is 18.0 Å². The molecule has 1 unspecified atom stereocenters. The summed E-state index contributed by atoms with van der Waals surface area (Å²) in [5.41, 5.74) is 0.655. The summed E-state index contributed by atoms with van der Waals surface area (Å²) < 4.78 is 27.4. The molecule has 2 amide bonds. The van der Waals surface area contributed by atoms with E-state index >= 15 is 0 Å². The zero-order valence-corrected chi connectivity index (χ0v) is 19.1. The highest BCUT2D eigenvalue weighted by Crippen LogP contribution is 2.29. The van der Waals surface area contributed by atoms with Crippen LogP contribution in [-0.4, -0.2) is 62.2 Å². The molecule has 1 aromatic carbocycles. The van der Waals surface area contributed by atoms with Crippen LogP contribution in [0.3, 0.4) is 0 Å². The summed E-state index contributed by atoms with van der Waals surface area (Å²) in [6, 6.07) is 6.55. The summed E-state index contributed by atoms with van der Waals surface area (Å²) in [5.74, 6) is 0.245. The lowest BCUT2D eigenvalue weighted by Gasteiger charge is -2.29. The summed E-state index contributed by atoms with van der Waals surface area (Å²) in [6.45, 7) is 5.18. The summed E-state index contributed by atoms with van der Waals surface area (Å²) >= 11 is 0. The highest BCUT2D eigenvalue weighted by atomic mass is 32.2. The molecule has 7 nitrogen and oxygen atoms in total. The van der Waals surface area contributed by atoms with Crippen LogP contribution in [0.2, 0.25) is 0 Å². The van der Waals surface area contributed by atoms with Crippen molar-refractivity contribution >= 4 is 27.5 Å². The largest absolute Gasteiger partial charge is 0.342 e. The summed E-state index contributed by atoms with van der Waals surface area (Å²) in [4.78, 5) is 29.4. The molecule has 170 valence electrons. The van der Waals surface area contributed by atoms with Crippen LogP contribution < -0.4 is 4.90 Å². The molecule has 0 aliphatic carbocycles. The van der Waals surface area contributed by atoms with Crippen molar-refractivity contribution in [2.45, 2.75) is 56.8 Å². The number of hydrogen-bond acceptors (Lipinski definition) is 4. The standard InChI is InChI=1S/C23H33N3O4S/c1-18-10-14-25(15-11-18)31(29,30)21-8-6-20(7-9-21)26-17-19(16-22(26)27)23(28)24-12-4-2-3-5-13-24/h6-9,18-19H,2-5,10-17H2,1H3. The van der Waals surface area contributed by atoms with Crippen molar-refractivity contribution in [3.8, 4) is 0 Å². The predicted octanol–water partition coefficient (Wildman–Crippen LogP) is 2.86. The van der Waals surface area contributed by atoms with E-state index in [4.69, 9.17) is 0 Å². The third kappa shape index (κ3) is 4.80. The Morgan fingerprint density at radius 2 is 1.55 bits per heavy atom. The fourth-order valence-corrected chi connectivity index (χ4v) is 6.31. The van der Waals surface area contributed by atoms with Crippen molar-refractivity contribution in [2.75, 3.05) is 37.6 Å². The number of carbonyl (C=O) groups excluding carboxylic acids is 2. The van der Waals surface area contributed by atoms with Crippen LogP contribution in [0.1, 0.15) is 51.9 Å². The number of likely N-dealkylation sites (tertiary alicyclic amines) is 1. The highest BCUT2D eigenvalue weighted by Gasteiger charge is 2.37. The summed E-state index contributed by atoms with van der Waals surface area (Å²) in [6.07, 6.45) is 6.36. The number of nitrogens with zero attached hydrogens (tertiary/aromatic N) is 3. The van der Waals surface area contributed by atoms with E-state index in [-0.39, 0.29) is 29.0 Å². The maximum absolute atomic E-state index is 12.9. The van der Waals surface area contributed by atoms with Gasteiger partial charge in [0.25, 0.3) is 0 Å². The van der Waals surface area contributed by atoms with Gasteiger partial charge in [-0.2, -0.15) is 4.31 Å². The molecule has 0 aromatic heterocycles. The zero-order valence-electron chi connectivity index (χ0n) is 18.3. The second-order valence-corrected chi connectivity index (χ2v) is 11.2.